The number of aliphatic hydroxyl groups is 1. The van der Waals surface area contributed by atoms with Crippen LogP contribution in [0.15, 0.2) is 6.33 Å². The van der Waals surface area contributed by atoms with Crippen LogP contribution in [-0.4, -0.2) is 67.5 Å². The number of ether oxygens (including phenoxy) is 1. The SMILES string of the molecule is NCCNc1nc2c(N)ncnc2n1[C@@H]1O[C@@H]2COP(=O)(O)O[C@H]2[C@H]1O. The Balaban J connectivity index is 1.76. The number of fused-ring (bicyclic) bond motifs is 2. The van der Waals surface area contributed by atoms with Gasteiger partial charge in [0.25, 0.3) is 0 Å². The first-order chi connectivity index (χ1) is 12.4. The zero-order valence-corrected chi connectivity index (χ0v) is 14.3. The molecule has 0 amide bonds. The van der Waals surface area contributed by atoms with E-state index in [1.165, 1.54) is 10.9 Å². The highest BCUT2D eigenvalue weighted by Gasteiger charge is 2.53. The second kappa shape index (κ2) is 6.39. The first kappa shape index (κ1) is 17.5. The summed E-state index contributed by atoms with van der Waals surface area (Å²) in [6.45, 7) is 0.549. The normalized spacial score (nSPS) is 34.1. The number of aliphatic hydroxyl groups excluding tert-OH is 1. The summed E-state index contributed by atoms with van der Waals surface area (Å²) in [5, 5.41) is 13.7. The lowest BCUT2D eigenvalue weighted by molar-refractivity contribution is -0.0659. The van der Waals surface area contributed by atoms with Crippen LogP contribution in [0.25, 0.3) is 11.2 Å². The quantitative estimate of drug-likeness (QED) is 0.384. The highest BCUT2D eigenvalue weighted by atomic mass is 31.2. The maximum Gasteiger partial charge on any atom is 0.472 e. The highest BCUT2D eigenvalue weighted by molar-refractivity contribution is 7.47. The van der Waals surface area contributed by atoms with E-state index >= 15 is 0 Å². The number of hydrogen-bond donors (Lipinski definition) is 5. The molecule has 2 aromatic heterocycles. The summed E-state index contributed by atoms with van der Waals surface area (Å²) in [6, 6.07) is 0. The van der Waals surface area contributed by atoms with Gasteiger partial charge < -0.3 is 31.5 Å². The molecule has 13 nitrogen and oxygen atoms in total. The Morgan fingerprint density at radius 3 is 3.04 bits per heavy atom. The molecule has 0 aromatic carbocycles. The molecule has 0 bridgehead atoms. The smallest absolute Gasteiger partial charge is 0.386 e. The second-order valence-corrected chi connectivity index (χ2v) is 7.25. The summed E-state index contributed by atoms with van der Waals surface area (Å²) in [5.41, 5.74) is 12.0. The lowest BCUT2D eigenvalue weighted by atomic mass is 10.1. The Hall–Kier alpha value is -1.86. The van der Waals surface area contributed by atoms with E-state index < -0.39 is 32.4 Å². The predicted molar refractivity (Wildman–Crippen MR) is 87.8 cm³/mol. The van der Waals surface area contributed by atoms with Crippen molar-refractivity contribution in [2.24, 2.45) is 5.73 Å². The number of nitrogen functional groups attached to an aromatic ring is 1. The molecule has 4 rings (SSSR count). The molecule has 26 heavy (non-hydrogen) atoms. The zero-order chi connectivity index (χ0) is 18.5. The van der Waals surface area contributed by atoms with Gasteiger partial charge in [0.05, 0.1) is 6.61 Å². The summed E-state index contributed by atoms with van der Waals surface area (Å²) < 4.78 is 28.7. The molecule has 2 aliphatic heterocycles. The Morgan fingerprint density at radius 2 is 2.27 bits per heavy atom. The molecule has 1 unspecified atom stereocenters. The average molecular weight is 387 g/mol. The van der Waals surface area contributed by atoms with Crippen molar-refractivity contribution in [3.63, 3.8) is 0 Å². The summed E-state index contributed by atoms with van der Waals surface area (Å²) >= 11 is 0. The van der Waals surface area contributed by atoms with Gasteiger partial charge in [0.15, 0.2) is 23.2 Å². The van der Waals surface area contributed by atoms with E-state index in [1.54, 1.807) is 0 Å². The van der Waals surface area contributed by atoms with E-state index in [1.807, 2.05) is 0 Å². The van der Waals surface area contributed by atoms with Gasteiger partial charge in [0.2, 0.25) is 5.95 Å². The molecule has 5 atom stereocenters. The van der Waals surface area contributed by atoms with Crippen LogP contribution in [0.1, 0.15) is 6.23 Å². The molecule has 4 heterocycles. The van der Waals surface area contributed by atoms with Gasteiger partial charge in [-0.25, -0.2) is 19.5 Å². The van der Waals surface area contributed by atoms with E-state index in [0.717, 1.165) is 0 Å². The van der Waals surface area contributed by atoms with E-state index in [-0.39, 0.29) is 12.4 Å². The number of nitrogens with two attached hydrogens (primary N) is 2. The van der Waals surface area contributed by atoms with Gasteiger partial charge in [-0.1, -0.05) is 0 Å². The van der Waals surface area contributed by atoms with Crippen LogP contribution in [0.3, 0.4) is 0 Å². The van der Waals surface area contributed by atoms with Gasteiger partial charge in [-0.05, 0) is 0 Å². The fourth-order valence-corrected chi connectivity index (χ4v) is 3.99. The van der Waals surface area contributed by atoms with Crippen LogP contribution >= 0.6 is 7.82 Å². The third kappa shape index (κ3) is 2.83. The number of phosphoric acid groups is 1. The minimum absolute atomic E-state index is 0.161. The predicted octanol–water partition coefficient (Wildman–Crippen LogP) is -1.45. The van der Waals surface area contributed by atoms with E-state index in [9.17, 15) is 14.6 Å². The minimum atomic E-state index is -4.23. The fourth-order valence-electron chi connectivity index (χ4n) is 3.03. The molecule has 2 aliphatic rings. The Morgan fingerprint density at radius 1 is 1.46 bits per heavy atom. The Bertz CT molecular complexity index is 877. The van der Waals surface area contributed by atoms with Crippen molar-refractivity contribution in [3.8, 4) is 0 Å². The number of hydrogen-bond acceptors (Lipinski definition) is 11. The fraction of sp³-hybridized carbons (Fsp3) is 0.583. The number of anilines is 2. The Kier molecular flexibility index (Phi) is 4.31. The highest BCUT2D eigenvalue weighted by Crippen LogP contribution is 2.52. The molecule has 2 saturated heterocycles. The summed E-state index contributed by atoms with van der Waals surface area (Å²) in [4.78, 5) is 21.9. The third-order valence-electron chi connectivity index (χ3n) is 4.15. The number of phosphoric ester groups is 1. The number of aromatic nitrogens is 4. The van der Waals surface area contributed by atoms with E-state index in [0.29, 0.717) is 30.2 Å². The van der Waals surface area contributed by atoms with Crippen molar-refractivity contribution in [1.82, 2.24) is 19.5 Å². The maximum absolute atomic E-state index is 11.6. The standard InChI is InChI=1S/C12H18N7O6P/c13-1-2-15-12-18-6-9(14)16-4-17-10(6)19(12)11-7(20)8-5(24-11)3-23-26(21,22)25-8/h4-5,7-8,11,20H,1-3,13H2,(H,15,18)(H,21,22)(H2,14,16,17)/t5-,7-,8-,11-/m1/s1. The maximum atomic E-state index is 11.6. The van der Waals surface area contributed by atoms with Gasteiger partial charge in [-0.3, -0.25) is 13.6 Å². The minimum Gasteiger partial charge on any atom is -0.386 e. The molecule has 0 spiro atoms. The average Bonchev–Trinajstić information content (AvgIpc) is 3.11. The number of nitrogens with one attached hydrogen (secondary N) is 1. The zero-order valence-electron chi connectivity index (χ0n) is 13.4. The molecule has 7 N–H and O–H groups in total. The number of rotatable bonds is 4. The number of imidazole rings is 1. The van der Waals surface area contributed by atoms with E-state index in [2.05, 4.69) is 20.3 Å². The van der Waals surface area contributed by atoms with Crippen molar-refractivity contribution in [3.05, 3.63) is 6.33 Å². The molecule has 0 radical (unpaired) electrons. The van der Waals surface area contributed by atoms with Gasteiger partial charge in [-0.2, -0.15) is 0 Å². The van der Waals surface area contributed by atoms with Crippen molar-refractivity contribution in [2.45, 2.75) is 24.5 Å². The first-order valence-electron chi connectivity index (χ1n) is 7.83. The lowest BCUT2D eigenvalue weighted by Crippen LogP contribution is -2.39. The molecule has 0 aliphatic carbocycles. The van der Waals surface area contributed by atoms with Crippen LogP contribution < -0.4 is 16.8 Å². The molecule has 2 aromatic rings. The van der Waals surface area contributed by atoms with E-state index in [4.69, 9.17) is 25.3 Å². The summed E-state index contributed by atoms with van der Waals surface area (Å²) in [5.74, 6) is 0.474. The second-order valence-electron chi connectivity index (χ2n) is 5.84. The van der Waals surface area contributed by atoms with Crippen LogP contribution in [0, 0.1) is 0 Å². The van der Waals surface area contributed by atoms with Crippen molar-refractivity contribution >= 4 is 30.8 Å². The summed E-state index contributed by atoms with van der Waals surface area (Å²) in [7, 11) is -4.23. The Labute approximate surface area is 146 Å². The molecule has 0 saturated carbocycles. The molecule has 142 valence electrons. The van der Waals surface area contributed by atoms with Crippen LogP contribution in [0.5, 0.6) is 0 Å². The third-order valence-corrected chi connectivity index (χ3v) is 5.14. The van der Waals surface area contributed by atoms with Gasteiger partial charge >= 0.3 is 7.82 Å². The molecular weight excluding hydrogens is 369 g/mol. The van der Waals surface area contributed by atoms with Crippen molar-refractivity contribution < 1.29 is 28.3 Å². The molecule has 14 heteroatoms. The van der Waals surface area contributed by atoms with Crippen molar-refractivity contribution in [1.29, 1.82) is 0 Å². The topological polar surface area (TPSA) is 193 Å². The largest absolute Gasteiger partial charge is 0.472 e. The van der Waals surface area contributed by atoms with Crippen LogP contribution in [0.4, 0.5) is 11.8 Å². The van der Waals surface area contributed by atoms with Gasteiger partial charge in [-0.15, -0.1) is 0 Å². The number of nitrogens with zero attached hydrogens (tertiary/aromatic N) is 4. The lowest BCUT2D eigenvalue weighted by Gasteiger charge is -2.27. The summed E-state index contributed by atoms with van der Waals surface area (Å²) in [6.07, 6.45) is -2.77. The molecular formula is C12H18N7O6P. The van der Waals surface area contributed by atoms with Gasteiger partial charge in [0.1, 0.15) is 24.6 Å². The van der Waals surface area contributed by atoms with Crippen LogP contribution in [-0.2, 0) is 18.3 Å². The van der Waals surface area contributed by atoms with Crippen molar-refractivity contribution in [2.75, 3.05) is 30.7 Å². The van der Waals surface area contributed by atoms with Gasteiger partial charge in [0, 0.05) is 13.1 Å². The van der Waals surface area contributed by atoms with Crippen LogP contribution in [0.2, 0.25) is 0 Å². The molecule has 2 fully saturated rings. The first-order valence-corrected chi connectivity index (χ1v) is 9.32. The monoisotopic (exact) mass is 387 g/mol.